The lowest BCUT2D eigenvalue weighted by Gasteiger charge is -2.26. The molecule has 32 heavy (non-hydrogen) atoms. The highest BCUT2D eigenvalue weighted by atomic mass is 16.5. The lowest BCUT2D eigenvalue weighted by molar-refractivity contribution is -0.161. The second-order valence-electron chi connectivity index (χ2n) is 10.1. The van der Waals surface area contributed by atoms with Crippen molar-refractivity contribution < 1.29 is 19.4 Å². The van der Waals surface area contributed by atoms with E-state index in [1.165, 1.54) is 5.57 Å². The fraction of sp³-hybridized carbons (Fsp3) is 0.538. The molecule has 0 radical (unpaired) electrons. The molecule has 172 valence electrons. The van der Waals surface area contributed by atoms with Crippen LogP contribution in [0.1, 0.15) is 76.4 Å². The Morgan fingerprint density at radius 2 is 2.09 bits per heavy atom. The van der Waals surface area contributed by atoms with Gasteiger partial charge in [-0.25, -0.2) is 4.79 Å². The molecule has 1 aromatic carbocycles. The molecule has 0 spiro atoms. The molecule has 0 amide bonds. The van der Waals surface area contributed by atoms with Crippen LogP contribution in [-0.4, -0.2) is 33.1 Å². The van der Waals surface area contributed by atoms with Gasteiger partial charge in [0, 0.05) is 12.6 Å². The Balaban J connectivity index is 1.91. The summed E-state index contributed by atoms with van der Waals surface area (Å²) in [6.45, 7) is 8.63. The van der Waals surface area contributed by atoms with Gasteiger partial charge >= 0.3 is 5.97 Å². The van der Waals surface area contributed by atoms with Crippen LogP contribution in [0.25, 0.3) is 16.7 Å². The molecule has 2 aromatic rings. The first-order valence-electron chi connectivity index (χ1n) is 11.6. The first-order valence-corrected chi connectivity index (χ1v) is 11.6. The number of aromatic nitrogens is 2. The molecule has 2 heterocycles. The molecule has 1 aliphatic heterocycles. The highest BCUT2D eigenvalue weighted by molar-refractivity contribution is 5.86. The van der Waals surface area contributed by atoms with Crippen LogP contribution in [0.2, 0.25) is 0 Å². The summed E-state index contributed by atoms with van der Waals surface area (Å²) in [5.41, 5.74) is 5.01. The number of carboxylic acids is 1. The molecule has 1 aromatic heterocycles. The van der Waals surface area contributed by atoms with Crippen molar-refractivity contribution in [2.75, 3.05) is 6.61 Å². The summed E-state index contributed by atoms with van der Waals surface area (Å²) in [4.78, 5) is 12.4. The largest absolute Gasteiger partial charge is 0.493 e. The van der Waals surface area contributed by atoms with Crippen LogP contribution >= 0.6 is 0 Å². The first kappa shape index (κ1) is 22.6. The van der Waals surface area contributed by atoms with Gasteiger partial charge in [-0.1, -0.05) is 19.1 Å². The van der Waals surface area contributed by atoms with Gasteiger partial charge in [-0.15, -0.1) is 0 Å². The van der Waals surface area contributed by atoms with E-state index in [0.29, 0.717) is 11.6 Å². The van der Waals surface area contributed by atoms with Gasteiger partial charge in [0.2, 0.25) is 0 Å². The number of hydrogen-bond donors (Lipinski definition) is 1. The minimum absolute atomic E-state index is 0.582. The molecule has 0 bridgehead atoms. The molecule has 2 aliphatic rings. The van der Waals surface area contributed by atoms with Crippen molar-refractivity contribution >= 4 is 11.5 Å². The predicted octanol–water partition coefficient (Wildman–Crippen LogP) is 5.56. The summed E-state index contributed by atoms with van der Waals surface area (Å²) in [6.07, 6.45) is 6.15. The molecule has 0 saturated carbocycles. The normalized spacial score (nSPS) is 19.7. The molecule has 2 unspecified atom stereocenters. The molecule has 1 N–H and O–H groups in total. The lowest BCUT2D eigenvalue weighted by atomic mass is 9.86. The Morgan fingerprint density at radius 1 is 1.31 bits per heavy atom. The second-order valence-corrected chi connectivity index (χ2v) is 10.1. The van der Waals surface area contributed by atoms with Crippen molar-refractivity contribution in [1.82, 2.24) is 9.78 Å². The Bertz CT molecular complexity index is 1040. The highest BCUT2D eigenvalue weighted by Gasteiger charge is 2.35. The predicted molar refractivity (Wildman–Crippen MR) is 125 cm³/mol. The maximum absolute atomic E-state index is 12.4. The summed E-state index contributed by atoms with van der Waals surface area (Å²) in [5.74, 6) is 0.559. The number of carboxylic acid groups (broad SMARTS) is 1. The van der Waals surface area contributed by atoms with E-state index < -0.39 is 17.7 Å². The van der Waals surface area contributed by atoms with Crippen LogP contribution in [0.3, 0.4) is 0 Å². The number of allylic oxidation sites excluding steroid dienone is 2. The molecule has 4 rings (SSSR count). The fourth-order valence-electron chi connectivity index (χ4n) is 4.62. The van der Waals surface area contributed by atoms with Crippen molar-refractivity contribution in [2.24, 2.45) is 13.0 Å². The number of aryl methyl sites for hydroxylation is 2. The van der Waals surface area contributed by atoms with Gasteiger partial charge in [-0.2, -0.15) is 5.10 Å². The third-order valence-corrected chi connectivity index (χ3v) is 6.21. The van der Waals surface area contributed by atoms with Gasteiger partial charge in [0.15, 0.2) is 6.10 Å². The molecule has 6 heteroatoms. The van der Waals surface area contributed by atoms with Gasteiger partial charge in [0.25, 0.3) is 0 Å². The smallest absolute Gasteiger partial charge is 0.339 e. The number of fused-ring (bicyclic) bond motifs is 1. The van der Waals surface area contributed by atoms with E-state index in [2.05, 4.69) is 19.1 Å². The lowest BCUT2D eigenvalue weighted by Crippen LogP contribution is -2.29. The average Bonchev–Trinajstić information content (AvgIpc) is 3.08. The molecule has 1 aliphatic carbocycles. The van der Waals surface area contributed by atoms with Gasteiger partial charge in [-0.05, 0) is 87.6 Å². The van der Waals surface area contributed by atoms with Crippen LogP contribution in [0.5, 0.6) is 5.75 Å². The van der Waals surface area contributed by atoms with Crippen molar-refractivity contribution in [2.45, 2.75) is 71.5 Å². The number of carbonyl (C=O) groups is 1. The summed E-state index contributed by atoms with van der Waals surface area (Å²) in [5, 5.41) is 15.0. The quantitative estimate of drug-likeness (QED) is 0.662. The minimum Gasteiger partial charge on any atom is -0.493 e. The van der Waals surface area contributed by atoms with Crippen molar-refractivity contribution in [1.29, 1.82) is 0 Å². The third-order valence-electron chi connectivity index (χ3n) is 6.21. The zero-order valence-corrected chi connectivity index (χ0v) is 19.8. The van der Waals surface area contributed by atoms with Gasteiger partial charge in [0.1, 0.15) is 5.75 Å². The standard InChI is InChI=1S/C26H34N2O4/c1-16-8-10-17(11-9-16)22-21(19-12-13-20-18(15-19)7-6-14-31-20)23(28(5)27-22)24(25(29)30)32-26(2,3)4/h10,12-13,15-16,24H,6-9,11,14H2,1-5H3,(H,29,30). The topological polar surface area (TPSA) is 73.6 Å². The zero-order chi connectivity index (χ0) is 23.0. The van der Waals surface area contributed by atoms with Crippen LogP contribution in [-0.2, 0) is 23.0 Å². The molecule has 0 saturated heterocycles. The number of rotatable bonds is 5. The Morgan fingerprint density at radius 3 is 2.75 bits per heavy atom. The van der Waals surface area contributed by atoms with E-state index in [1.54, 1.807) is 4.68 Å². The Labute approximate surface area is 190 Å². The summed E-state index contributed by atoms with van der Waals surface area (Å²) in [6, 6.07) is 6.17. The third kappa shape index (κ3) is 4.60. The van der Waals surface area contributed by atoms with Crippen LogP contribution in [0, 0.1) is 5.92 Å². The Kier molecular flexibility index (Phi) is 6.17. The summed E-state index contributed by atoms with van der Waals surface area (Å²) >= 11 is 0. The van der Waals surface area contributed by atoms with E-state index in [0.717, 1.165) is 66.8 Å². The SMILES string of the molecule is CC1CC=C(c2nn(C)c(C(OC(C)(C)C)C(=O)O)c2-c2ccc3c(c2)CCCO3)CC1. The summed E-state index contributed by atoms with van der Waals surface area (Å²) in [7, 11) is 1.82. The van der Waals surface area contributed by atoms with Crippen molar-refractivity contribution in [3.8, 4) is 16.9 Å². The number of nitrogens with zero attached hydrogens (tertiary/aromatic N) is 2. The maximum atomic E-state index is 12.4. The minimum atomic E-state index is -1.12. The van der Waals surface area contributed by atoms with Crippen LogP contribution in [0.15, 0.2) is 24.3 Å². The Hall–Kier alpha value is -2.60. The van der Waals surface area contributed by atoms with Crippen LogP contribution in [0.4, 0.5) is 0 Å². The fourth-order valence-corrected chi connectivity index (χ4v) is 4.62. The first-order chi connectivity index (χ1) is 15.1. The maximum Gasteiger partial charge on any atom is 0.339 e. The van der Waals surface area contributed by atoms with Crippen LogP contribution < -0.4 is 4.74 Å². The molecule has 6 nitrogen and oxygen atoms in total. The molecule has 0 fully saturated rings. The van der Waals surface area contributed by atoms with E-state index in [9.17, 15) is 9.90 Å². The van der Waals surface area contributed by atoms with Gasteiger partial charge in [-0.3, -0.25) is 4.68 Å². The number of ether oxygens (including phenoxy) is 2. The zero-order valence-electron chi connectivity index (χ0n) is 19.8. The number of hydrogen-bond acceptors (Lipinski definition) is 4. The average molecular weight is 439 g/mol. The van der Waals surface area contributed by atoms with E-state index >= 15 is 0 Å². The molecule has 2 atom stereocenters. The van der Waals surface area contributed by atoms with Gasteiger partial charge < -0.3 is 14.6 Å². The van der Waals surface area contributed by atoms with E-state index in [4.69, 9.17) is 14.6 Å². The number of aliphatic carboxylic acids is 1. The highest BCUT2D eigenvalue weighted by Crippen LogP contribution is 2.42. The molecular weight excluding hydrogens is 404 g/mol. The van der Waals surface area contributed by atoms with E-state index in [1.807, 2.05) is 40.0 Å². The van der Waals surface area contributed by atoms with E-state index in [-0.39, 0.29) is 0 Å². The van der Waals surface area contributed by atoms with Crippen molar-refractivity contribution in [3.63, 3.8) is 0 Å². The van der Waals surface area contributed by atoms with Gasteiger partial charge in [0.05, 0.1) is 23.6 Å². The monoisotopic (exact) mass is 438 g/mol. The van der Waals surface area contributed by atoms with Crippen molar-refractivity contribution in [3.05, 3.63) is 41.2 Å². The summed E-state index contributed by atoms with van der Waals surface area (Å²) < 4.78 is 13.6. The number of benzene rings is 1. The molecular formula is C26H34N2O4. The second kappa shape index (κ2) is 8.74.